The Balaban J connectivity index is 1.51. The number of aryl methyl sites for hydroxylation is 2. The molecule has 0 aromatic carbocycles. The molecule has 5 nitrogen and oxygen atoms in total. The third kappa shape index (κ3) is 2.94. The molecule has 0 aliphatic carbocycles. The average Bonchev–Trinajstić information content (AvgIpc) is 3.06. The van der Waals surface area contributed by atoms with Crippen LogP contribution in [0.3, 0.4) is 0 Å². The number of piperazine rings is 1. The van der Waals surface area contributed by atoms with E-state index in [1.807, 2.05) is 26.0 Å². The van der Waals surface area contributed by atoms with E-state index in [4.69, 9.17) is 8.94 Å². The summed E-state index contributed by atoms with van der Waals surface area (Å²) < 4.78 is 10.6. The molecule has 0 radical (unpaired) electrons. The summed E-state index contributed by atoms with van der Waals surface area (Å²) in [5.74, 6) is 1.99. The topological polar surface area (TPSA) is 45.7 Å². The lowest BCUT2D eigenvalue weighted by Gasteiger charge is -2.34. The molecule has 0 amide bonds. The summed E-state index contributed by atoms with van der Waals surface area (Å²) in [4.78, 5) is 4.90. The highest BCUT2D eigenvalue weighted by Crippen LogP contribution is 2.17. The second-order valence-corrected chi connectivity index (χ2v) is 5.43. The van der Waals surface area contributed by atoms with Gasteiger partial charge < -0.3 is 8.94 Å². The second-order valence-electron chi connectivity index (χ2n) is 5.43. The fourth-order valence-electron chi connectivity index (χ4n) is 2.68. The maximum atomic E-state index is 5.40. The molecule has 0 N–H and O–H groups in total. The molecule has 1 aliphatic rings. The molecule has 108 valence electrons. The number of furan rings is 1. The number of nitrogens with zero attached hydrogens (tertiary/aromatic N) is 3. The zero-order valence-corrected chi connectivity index (χ0v) is 12.1. The zero-order chi connectivity index (χ0) is 13.9. The summed E-state index contributed by atoms with van der Waals surface area (Å²) in [6.45, 7) is 10.1. The van der Waals surface area contributed by atoms with Crippen molar-refractivity contribution in [3.05, 3.63) is 41.2 Å². The van der Waals surface area contributed by atoms with Crippen LogP contribution in [0.1, 0.15) is 22.8 Å². The Bertz CT molecular complexity index is 520. The van der Waals surface area contributed by atoms with Crippen molar-refractivity contribution in [2.75, 3.05) is 26.2 Å². The first kappa shape index (κ1) is 13.4. The zero-order valence-electron chi connectivity index (χ0n) is 12.1. The first-order valence-electron chi connectivity index (χ1n) is 7.11. The Morgan fingerprint density at radius 1 is 1.10 bits per heavy atom. The van der Waals surface area contributed by atoms with Gasteiger partial charge in [0.2, 0.25) is 0 Å². The van der Waals surface area contributed by atoms with Gasteiger partial charge in [0.25, 0.3) is 0 Å². The van der Waals surface area contributed by atoms with Crippen molar-refractivity contribution in [3.8, 4) is 0 Å². The Labute approximate surface area is 119 Å². The molecule has 1 saturated heterocycles. The minimum absolute atomic E-state index is 0.909. The quantitative estimate of drug-likeness (QED) is 0.856. The van der Waals surface area contributed by atoms with Crippen LogP contribution in [0.5, 0.6) is 0 Å². The lowest BCUT2D eigenvalue weighted by Crippen LogP contribution is -2.45. The van der Waals surface area contributed by atoms with Crippen molar-refractivity contribution in [3.63, 3.8) is 0 Å². The molecule has 2 aromatic rings. The largest absolute Gasteiger partial charge is 0.468 e. The molecule has 5 heteroatoms. The van der Waals surface area contributed by atoms with Gasteiger partial charge in [-0.3, -0.25) is 9.80 Å². The van der Waals surface area contributed by atoms with Gasteiger partial charge in [-0.05, 0) is 26.0 Å². The average molecular weight is 275 g/mol. The third-order valence-electron chi connectivity index (χ3n) is 3.99. The van der Waals surface area contributed by atoms with Crippen LogP contribution in [0.25, 0.3) is 0 Å². The summed E-state index contributed by atoms with van der Waals surface area (Å²) in [6.07, 6.45) is 1.74. The van der Waals surface area contributed by atoms with Gasteiger partial charge in [0, 0.05) is 38.3 Å². The lowest BCUT2D eigenvalue weighted by molar-refractivity contribution is 0.115. The van der Waals surface area contributed by atoms with Crippen LogP contribution in [0, 0.1) is 13.8 Å². The van der Waals surface area contributed by atoms with Crippen molar-refractivity contribution in [2.24, 2.45) is 0 Å². The number of aromatic nitrogens is 1. The highest BCUT2D eigenvalue weighted by Gasteiger charge is 2.20. The molecule has 0 atom stereocenters. The first-order valence-corrected chi connectivity index (χ1v) is 7.11. The summed E-state index contributed by atoms with van der Waals surface area (Å²) in [7, 11) is 0. The maximum Gasteiger partial charge on any atom is 0.138 e. The van der Waals surface area contributed by atoms with E-state index in [2.05, 4.69) is 15.0 Å². The molecular weight excluding hydrogens is 254 g/mol. The Hall–Kier alpha value is -1.59. The Morgan fingerprint density at radius 2 is 1.80 bits per heavy atom. The predicted octanol–water partition coefficient (Wildman–Crippen LogP) is 2.20. The first-order chi connectivity index (χ1) is 9.72. The van der Waals surface area contributed by atoms with Crippen LogP contribution in [0.2, 0.25) is 0 Å². The van der Waals surface area contributed by atoms with Gasteiger partial charge in [0.05, 0.1) is 18.5 Å². The molecule has 0 unspecified atom stereocenters. The molecular formula is C15H21N3O2. The standard InChI is InChI=1S/C15H21N3O2/c1-12-15(13(2)20-16-12)11-18-7-5-17(6-8-18)10-14-4-3-9-19-14/h3-4,9H,5-8,10-11H2,1-2H3. The van der Waals surface area contributed by atoms with Gasteiger partial charge in [0.15, 0.2) is 0 Å². The lowest BCUT2D eigenvalue weighted by atomic mass is 10.2. The molecule has 3 rings (SSSR count). The van der Waals surface area contributed by atoms with Gasteiger partial charge in [0.1, 0.15) is 11.5 Å². The van der Waals surface area contributed by atoms with Crippen molar-refractivity contribution in [1.82, 2.24) is 15.0 Å². The molecule has 0 bridgehead atoms. The van der Waals surface area contributed by atoms with Crippen LogP contribution >= 0.6 is 0 Å². The van der Waals surface area contributed by atoms with Crippen molar-refractivity contribution < 1.29 is 8.94 Å². The molecule has 20 heavy (non-hydrogen) atoms. The van der Waals surface area contributed by atoms with E-state index in [1.165, 1.54) is 5.56 Å². The van der Waals surface area contributed by atoms with Crippen molar-refractivity contribution in [2.45, 2.75) is 26.9 Å². The van der Waals surface area contributed by atoms with Gasteiger partial charge in [-0.1, -0.05) is 5.16 Å². The fourth-order valence-corrected chi connectivity index (χ4v) is 2.68. The van der Waals surface area contributed by atoms with Crippen molar-refractivity contribution in [1.29, 1.82) is 0 Å². The van der Waals surface area contributed by atoms with Crippen LogP contribution in [-0.2, 0) is 13.1 Å². The van der Waals surface area contributed by atoms with Crippen LogP contribution in [0.15, 0.2) is 27.3 Å². The number of hydrogen-bond acceptors (Lipinski definition) is 5. The summed E-state index contributed by atoms with van der Waals surface area (Å²) >= 11 is 0. The second kappa shape index (κ2) is 5.81. The van der Waals surface area contributed by atoms with E-state index in [0.29, 0.717) is 0 Å². The van der Waals surface area contributed by atoms with Gasteiger partial charge in [-0.25, -0.2) is 0 Å². The van der Waals surface area contributed by atoms with Gasteiger partial charge >= 0.3 is 0 Å². The smallest absolute Gasteiger partial charge is 0.138 e. The van der Waals surface area contributed by atoms with E-state index >= 15 is 0 Å². The number of hydrogen-bond donors (Lipinski definition) is 0. The fraction of sp³-hybridized carbons (Fsp3) is 0.533. The SMILES string of the molecule is Cc1noc(C)c1CN1CCN(Cc2ccco2)CC1. The highest BCUT2D eigenvalue weighted by atomic mass is 16.5. The van der Waals surface area contributed by atoms with E-state index < -0.39 is 0 Å². The van der Waals surface area contributed by atoms with Gasteiger partial charge in [-0.15, -0.1) is 0 Å². The third-order valence-corrected chi connectivity index (χ3v) is 3.99. The minimum atomic E-state index is 0.909. The summed E-state index contributed by atoms with van der Waals surface area (Å²) in [5.41, 5.74) is 2.25. The van der Waals surface area contributed by atoms with E-state index in [-0.39, 0.29) is 0 Å². The monoisotopic (exact) mass is 275 g/mol. The maximum absolute atomic E-state index is 5.40. The van der Waals surface area contributed by atoms with Crippen LogP contribution in [-0.4, -0.2) is 41.1 Å². The molecule has 3 heterocycles. The molecule has 1 aliphatic heterocycles. The summed E-state index contributed by atoms with van der Waals surface area (Å²) in [6, 6.07) is 3.99. The van der Waals surface area contributed by atoms with E-state index in [1.54, 1.807) is 6.26 Å². The number of rotatable bonds is 4. The van der Waals surface area contributed by atoms with Gasteiger partial charge in [-0.2, -0.15) is 0 Å². The van der Waals surface area contributed by atoms with E-state index in [9.17, 15) is 0 Å². The Kier molecular flexibility index (Phi) is 3.89. The molecule has 2 aromatic heterocycles. The van der Waals surface area contributed by atoms with E-state index in [0.717, 1.165) is 56.5 Å². The van der Waals surface area contributed by atoms with Crippen LogP contribution < -0.4 is 0 Å². The molecule has 1 fully saturated rings. The van der Waals surface area contributed by atoms with Crippen molar-refractivity contribution >= 4 is 0 Å². The normalized spacial score (nSPS) is 17.7. The predicted molar refractivity (Wildman–Crippen MR) is 75.2 cm³/mol. The summed E-state index contributed by atoms with van der Waals surface area (Å²) in [5, 5.41) is 4.02. The Morgan fingerprint density at radius 3 is 2.35 bits per heavy atom. The van der Waals surface area contributed by atoms with Crippen LogP contribution in [0.4, 0.5) is 0 Å². The minimum Gasteiger partial charge on any atom is -0.468 e. The highest BCUT2D eigenvalue weighted by molar-refractivity contribution is 5.20. The molecule has 0 saturated carbocycles. The molecule has 0 spiro atoms.